The molecule has 3 aromatic heterocycles. The number of aromatic amines is 1. The molecule has 0 spiro atoms. The minimum absolute atomic E-state index is 0.0223. The maximum Gasteiger partial charge on any atom is 0.488 e. The number of anilines is 2. The average molecular weight is 552 g/mol. The SMILES string of the molecule is [B][P+](O)(OC[C@H]1O[C@@H](n2cnc(N)nc2=O)C[C@H]1O)O[C@@H]1C[C@H](n2cnc3c(=O)[nH]c(N)nc32)O[C@@H]1CO. The Balaban J connectivity index is 1.22. The summed E-state index contributed by atoms with van der Waals surface area (Å²) >= 11 is 0. The second-order valence-corrected chi connectivity index (χ2v) is 10.3. The number of aliphatic hydroxyl groups is 2. The number of fused-ring (bicyclic) bond motifs is 1. The summed E-state index contributed by atoms with van der Waals surface area (Å²) < 4.78 is 24.9. The number of hydrogen-bond acceptors (Lipinski definition) is 15. The summed E-state index contributed by atoms with van der Waals surface area (Å²) in [5.41, 5.74) is 9.99. The third kappa shape index (κ3) is 5.27. The molecule has 0 amide bonds. The summed E-state index contributed by atoms with van der Waals surface area (Å²) in [6, 6.07) is 0. The van der Waals surface area contributed by atoms with E-state index >= 15 is 0 Å². The second-order valence-electron chi connectivity index (χ2n) is 8.66. The highest BCUT2D eigenvalue weighted by atomic mass is 31.2. The highest BCUT2D eigenvalue weighted by molar-refractivity contribution is 7.85. The zero-order valence-electron chi connectivity index (χ0n) is 19.6. The number of nitrogen functional groups attached to an aromatic ring is 2. The number of nitrogens with one attached hydrogen (secondary N) is 1. The normalized spacial score (nSPS) is 29.1. The van der Waals surface area contributed by atoms with Crippen LogP contribution in [-0.4, -0.2) is 94.4 Å². The maximum absolute atomic E-state index is 12.1. The number of hydrogen-bond donors (Lipinski definition) is 6. The van der Waals surface area contributed by atoms with Gasteiger partial charge in [0.05, 0.1) is 19.0 Å². The summed E-state index contributed by atoms with van der Waals surface area (Å²) in [7, 11) is 1.88. The first-order chi connectivity index (χ1) is 18.0. The zero-order valence-corrected chi connectivity index (χ0v) is 20.5. The van der Waals surface area contributed by atoms with E-state index in [1.54, 1.807) is 0 Å². The van der Waals surface area contributed by atoms with Gasteiger partial charge in [0.25, 0.3) is 5.56 Å². The molecule has 0 aliphatic carbocycles. The van der Waals surface area contributed by atoms with E-state index in [4.69, 9.17) is 37.6 Å². The lowest BCUT2D eigenvalue weighted by molar-refractivity contribution is -0.0529. The molecule has 2 radical (unpaired) electrons. The monoisotopic (exact) mass is 552 g/mol. The fourth-order valence-electron chi connectivity index (χ4n) is 4.29. The molecule has 3 aromatic rings. The minimum atomic E-state index is -4.00. The molecular formula is C18H24BN9O9P+. The van der Waals surface area contributed by atoms with Gasteiger partial charge in [0.15, 0.2) is 11.2 Å². The molecular weight excluding hydrogens is 528 g/mol. The molecule has 2 saturated heterocycles. The molecule has 2 aliphatic heterocycles. The van der Waals surface area contributed by atoms with E-state index in [1.165, 1.54) is 10.9 Å². The van der Waals surface area contributed by atoms with Gasteiger partial charge in [0.1, 0.15) is 43.7 Å². The van der Waals surface area contributed by atoms with Crippen molar-refractivity contribution in [2.24, 2.45) is 0 Å². The Kier molecular flexibility index (Phi) is 7.18. The van der Waals surface area contributed by atoms with Crippen molar-refractivity contribution in [3.8, 4) is 0 Å². The van der Waals surface area contributed by atoms with Crippen LogP contribution in [0.5, 0.6) is 0 Å². The Bertz CT molecular complexity index is 1430. The fourth-order valence-corrected chi connectivity index (χ4v) is 5.32. The minimum Gasteiger partial charge on any atom is -0.394 e. The van der Waals surface area contributed by atoms with Crippen molar-refractivity contribution in [3.05, 3.63) is 33.5 Å². The molecule has 5 rings (SSSR count). The van der Waals surface area contributed by atoms with Crippen molar-refractivity contribution in [1.29, 1.82) is 0 Å². The Morgan fingerprint density at radius 3 is 2.58 bits per heavy atom. The molecule has 2 aliphatic rings. The van der Waals surface area contributed by atoms with Gasteiger partial charge in [-0.15, -0.1) is 0 Å². The number of aliphatic hydroxyl groups excluding tert-OH is 2. The molecule has 18 nitrogen and oxygen atoms in total. The molecule has 8 N–H and O–H groups in total. The van der Waals surface area contributed by atoms with E-state index in [9.17, 15) is 24.7 Å². The van der Waals surface area contributed by atoms with Crippen molar-refractivity contribution in [3.63, 3.8) is 0 Å². The van der Waals surface area contributed by atoms with Gasteiger partial charge in [-0.2, -0.15) is 19.0 Å². The van der Waals surface area contributed by atoms with E-state index < -0.39 is 62.5 Å². The first kappa shape index (κ1) is 26.6. The predicted molar refractivity (Wildman–Crippen MR) is 129 cm³/mol. The summed E-state index contributed by atoms with van der Waals surface area (Å²) in [5.74, 6) is -0.314. The number of imidazole rings is 1. The number of nitrogens with zero attached hydrogens (tertiary/aromatic N) is 6. The third-order valence-corrected chi connectivity index (χ3v) is 7.18. The Labute approximate surface area is 214 Å². The van der Waals surface area contributed by atoms with E-state index in [0.29, 0.717) is 0 Å². The van der Waals surface area contributed by atoms with Crippen LogP contribution in [0, 0.1) is 0 Å². The first-order valence-corrected chi connectivity index (χ1v) is 13.0. The molecule has 38 heavy (non-hydrogen) atoms. The van der Waals surface area contributed by atoms with Crippen molar-refractivity contribution < 1.29 is 33.6 Å². The van der Waals surface area contributed by atoms with Crippen LogP contribution in [0.3, 0.4) is 0 Å². The largest absolute Gasteiger partial charge is 0.488 e. The van der Waals surface area contributed by atoms with Gasteiger partial charge in [-0.25, -0.2) is 19.7 Å². The molecule has 1 unspecified atom stereocenters. The topological polar surface area (TPSA) is 261 Å². The first-order valence-electron chi connectivity index (χ1n) is 11.3. The molecule has 0 saturated carbocycles. The summed E-state index contributed by atoms with van der Waals surface area (Å²) in [6.07, 6.45) is -2.94. The number of ether oxygens (including phenoxy) is 2. The van der Waals surface area contributed by atoms with Gasteiger partial charge in [-0.05, 0) is 0 Å². The van der Waals surface area contributed by atoms with Gasteiger partial charge in [-0.1, -0.05) is 0 Å². The van der Waals surface area contributed by atoms with Crippen molar-refractivity contribution in [2.45, 2.75) is 49.7 Å². The Morgan fingerprint density at radius 1 is 1.13 bits per heavy atom. The van der Waals surface area contributed by atoms with E-state index in [-0.39, 0.29) is 42.5 Å². The van der Waals surface area contributed by atoms with Crippen LogP contribution >= 0.6 is 7.82 Å². The standard InChI is InChI=1S/C18H24BN9O9P/c19-38(33,34-4-10-7(30)1-11(36-10)28-6-23-16(20)26-18(28)32)37-8-2-12(35-9(8)3-29)27-5-22-13-14(27)24-17(21)25-15(13)31/h5-12,29-30,33H,1-4H2,(H2,20,26,32)(H3,21,24,25,31)/q+1/t7-,8-,9-,10-,11-,12-,38?/m1/s1. The zero-order chi connectivity index (χ0) is 27.2. The van der Waals surface area contributed by atoms with Crippen molar-refractivity contribution in [2.75, 3.05) is 24.7 Å². The molecule has 0 bridgehead atoms. The van der Waals surface area contributed by atoms with E-state index in [0.717, 1.165) is 10.9 Å². The lowest BCUT2D eigenvalue weighted by Crippen LogP contribution is -2.31. The van der Waals surface area contributed by atoms with Gasteiger partial charge >= 0.3 is 21.1 Å². The van der Waals surface area contributed by atoms with Crippen molar-refractivity contribution >= 4 is 38.4 Å². The van der Waals surface area contributed by atoms with E-state index in [2.05, 4.69) is 24.9 Å². The number of aromatic nitrogens is 7. The average Bonchev–Trinajstić information content (AvgIpc) is 3.54. The maximum atomic E-state index is 12.1. The third-order valence-electron chi connectivity index (χ3n) is 6.09. The van der Waals surface area contributed by atoms with Crippen molar-refractivity contribution in [1.82, 2.24) is 34.1 Å². The van der Waals surface area contributed by atoms with Gasteiger partial charge in [0, 0.05) is 12.8 Å². The van der Waals surface area contributed by atoms with E-state index in [1.807, 2.05) is 0 Å². The summed E-state index contributed by atoms with van der Waals surface area (Å²) in [5, 5.41) is 20.1. The lowest BCUT2D eigenvalue weighted by Gasteiger charge is -2.22. The van der Waals surface area contributed by atoms with Crippen LogP contribution in [0.4, 0.5) is 11.9 Å². The van der Waals surface area contributed by atoms with Gasteiger partial charge in [0.2, 0.25) is 11.9 Å². The molecule has 5 heterocycles. The summed E-state index contributed by atoms with van der Waals surface area (Å²) in [4.78, 5) is 52.4. The molecule has 2 fully saturated rings. The summed E-state index contributed by atoms with van der Waals surface area (Å²) in [6.45, 7) is -0.851. The quantitative estimate of drug-likeness (QED) is 0.121. The predicted octanol–water partition coefficient (Wildman–Crippen LogP) is -2.90. The van der Waals surface area contributed by atoms with Crippen LogP contribution in [0.25, 0.3) is 11.2 Å². The highest BCUT2D eigenvalue weighted by Crippen LogP contribution is 2.55. The molecule has 7 atom stereocenters. The second kappa shape index (κ2) is 10.3. The van der Waals surface area contributed by atoms with Gasteiger partial charge in [-0.3, -0.25) is 18.9 Å². The molecule has 0 aromatic carbocycles. The Hall–Kier alpha value is -3.03. The smallest absolute Gasteiger partial charge is 0.394 e. The van der Waals surface area contributed by atoms with Crippen LogP contribution in [-0.2, 0) is 18.5 Å². The fraction of sp³-hybridized carbons (Fsp3) is 0.556. The van der Waals surface area contributed by atoms with Crippen LogP contribution in [0.1, 0.15) is 25.3 Å². The van der Waals surface area contributed by atoms with Crippen LogP contribution in [0.2, 0.25) is 0 Å². The van der Waals surface area contributed by atoms with Crippen LogP contribution in [0.15, 0.2) is 22.2 Å². The molecule has 20 heteroatoms. The highest BCUT2D eigenvalue weighted by Gasteiger charge is 2.48. The van der Waals surface area contributed by atoms with Gasteiger partial charge < -0.3 is 31.2 Å². The van der Waals surface area contributed by atoms with Crippen LogP contribution < -0.4 is 22.7 Å². The molecule has 202 valence electrons. The number of nitrogens with two attached hydrogens (primary N) is 2. The lowest BCUT2D eigenvalue weighted by atomic mass is 10.2. The number of H-pyrrole nitrogens is 1. The number of rotatable bonds is 8. The Morgan fingerprint density at radius 2 is 1.84 bits per heavy atom.